The number of Topliss-reactive ketones (excluding diaryl/α,β-unsaturated/α-hetero) is 1. The van der Waals surface area contributed by atoms with Crippen LogP contribution in [0, 0.1) is 6.92 Å². The summed E-state index contributed by atoms with van der Waals surface area (Å²) >= 11 is 9.14. The van der Waals surface area contributed by atoms with Crippen molar-refractivity contribution >= 4 is 33.3 Å². The number of hydrogen-bond donors (Lipinski definition) is 0. The van der Waals surface area contributed by atoms with E-state index in [0.29, 0.717) is 16.3 Å². The highest BCUT2D eigenvalue weighted by Crippen LogP contribution is 2.29. The van der Waals surface area contributed by atoms with Gasteiger partial charge in [0, 0.05) is 11.1 Å². The number of rotatable bonds is 3. The molecular weight excluding hydrogens is 267 g/mol. The molecule has 0 bridgehead atoms. The third kappa shape index (κ3) is 2.10. The van der Waals surface area contributed by atoms with E-state index >= 15 is 0 Å². The van der Waals surface area contributed by atoms with E-state index in [1.807, 2.05) is 6.92 Å². The van der Waals surface area contributed by atoms with Crippen molar-refractivity contribution in [3.8, 4) is 5.75 Å². The first-order chi connectivity index (χ1) is 6.61. The van der Waals surface area contributed by atoms with Gasteiger partial charge in [0.15, 0.2) is 5.78 Å². The van der Waals surface area contributed by atoms with Gasteiger partial charge in [0.05, 0.1) is 17.5 Å². The summed E-state index contributed by atoms with van der Waals surface area (Å²) in [5.74, 6) is 0.668. The second-order valence-electron chi connectivity index (χ2n) is 2.81. The molecule has 1 aromatic rings. The van der Waals surface area contributed by atoms with Gasteiger partial charge < -0.3 is 4.74 Å². The molecule has 4 heteroatoms. The van der Waals surface area contributed by atoms with Crippen molar-refractivity contribution < 1.29 is 9.53 Å². The fraction of sp³-hybridized carbons (Fsp3) is 0.300. The predicted molar refractivity (Wildman–Crippen MR) is 60.9 cm³/mol. The van der Waals surface area contributed by atoms with E-state index in [-0.39, 0.29) is 11.1 Å². The number of alkyl halides is 1. The molecule has 0 saturated carbocycles. The summed E-state index contributed by atoms with van der Waals surface area (Å²) in [4.78, 5) is 11.4. The van der Waals surface area contributed by atoms with Crippen LogP contribution in [0.2, 0.25) is 5.02 Å². The number of carbonyl (C=O) groups excluding carboxylic acids is 1. The molecule has 76 valence electrons. The van der Waals surface area contributed by atoms with Crippen LogP contribution in [-0.2, 0) is 0 Å². The second-order valence-corrected chi connectivity index (χ2v) is 3.75. The zero-order chi connectivity index (χ0) is 10.7. The van der Waals surface area contributed by atoms with Gasteiger partial charge in [-0.1, -0.05) is 27.5 Å². The van der Waals surface area contributed by atoms with Crippen molar-refractivity contribution in [2.75, 3.05) is 12.4 Å². The van der Waals surface area contributed by atoms with Crippen LogP contribution in [0.5, 0.6) is 5.75 Å². The zero-order valence-electron chi connectivity index (χ0n) is 7.93. The van der Waals surface area contributed by atoms with E-state index in [1.165, 1.54) is 0 Å². The SMILES string of the molecule is COc1ccc(C(=O)CBr)c(Cl)c1C. The van der Waals surface area contributed by atoms with Gasteiger partial charge in [0.25, 0.3) is 0 Å². The molecule has 0 atom stereocenters. The Labute approximate surface area is 96.3 Å². The Morgan fingerprint density at radius 2 is 2.21 bits per heavy atom. The summed E-state index contributed by atoms with van der Waals surface area (Å²) < 4.78 is 5.09. The molecule has 0 spiro atoms. The van der Waals surface area contributed by atoms with Crippen LogP contribution in [0.15, 0.2) is 12.1 Å². The van der Waals surface area contributed by atoms with Crippen LogP contribution >= 0.6 is 27.5 Å². The van der Waals surface area contributed by atoms with Gasteiger partial charge in [-0.05, 0) is 19.1 Å². The standard InChI is InChI=1S/C10H10BrClO2/c1-6-9(14-2)4-3-7(10(6)12)8(13)5-11/h3-4H,5H2,1-2H3. The maximum atomic E-state index is 11.4. The lowest BCUT2D eigenvalue weighted by Gasteiger charge is -2.09. The molecule has 0 aliphatic rings. The Kier molecular flexibility index (Phi) is 3.96. The first kappa shape index (κ1) is 11.5. The van der Waals surface area contributed by atoms with E-state index in [2.05, 4.69) is 15.9 Å². The van der Waals surface area contributed by atoms with E-state index in [4.69, 9.17) is 16.3 Å². The summed E-state index contributed by atoms with van der Waals surface area (Å²) in [5.41, 5.74) is 1.32. The molecule has 0 N–H and O–H groups in total. The van der Waals surface area contributed by atoms with Crippen molar-refractivity contribution in [3.05, 3.63) is 28.3 Å². The van der Waals surface area contributed by atoms with Gasteiger partial charge in [-0.2, -0.15) is 0 Å². The van der Waals surface area contributed by atoms with Gasteiger partial charge in [-0.25, -0.2) is 0 Å². The number of halogens is 2. The summed E-state index contributed by atoms with van der Waals surface area (Å²) in [6.45, 7) is 1.83. The molecule has 0 aromatic heterocycles. The fourth-order valence-electron chi connectivity index (χ4n) is 1.18. The first-order valence-electron chi connectivity index (χ1n) is 4.04. The Morgan fingerprint density at radius 1 is 1.57 bits per heavy atom. The third-order valence-corrected chi connectivity index (χ3v) is 2.97. The van der Waals surface area contributed by atoms with Crippen LogP contribution in [-0.4, -0.2) is 18.2 Å². The number of benzene rings is 1. The quantitative estimate of drug-likeness (QED) is 0.626. The van der Waals surface area contributed by atoms with Gasteiger partial charge >= 0.3 is 0 Å². The molecule has 14 heavy (non-hydrogen) atoms. The van der Waals surface area contributed by atoms with E-state index < -0.39 is 0 Å². The van der Waals surface area contributed by atoms with E-state index in [1.54, 1.807) is 19.2 Å². The first-order valence-corrected chi connectivity index (χ1v) is 5.54. The van der Waals surface area contributed by atoms with E-state index in [9.17, 15) is 4.79 Å². The zero-order valence-corrected chi connectivity index (χ0v) is 10.3. The third-order valence-electron chi connectivity index (χ3n) is 1.98. The average molecular weight is 278 g/mol. The molecule has 1 aromatic carbocycles. The molecule has 1 rings (SSSR count). The van der Waals surface area contributed by atoms with Crippen molar-refractivity contribution in [1.29, 1.82) is 0 Å². The molecule has 0 saturated heterocycles. The monoisotopic (exact) mass is 276 g/mol. The lowest BCUT2D eigenvalue weighted by atomic mass is 10.1. The highest BCUT2D eigenvalue weighted by Gasteiger charge is 2.13. The van der Waals surface area contributed by atoms with Crippen LogP contribution in [0.25, 0.3) is 0 Å². The van der Waals surface area contributed by atoms with E-state index in [0.717, 1.165) is 5.56 Å². The van der Waals surface area contributed by atoms with Gasteiger partial charge in [0.2, 0.25) is 0 Å². The Bertz CT molecular complexity index is 363. The largest absolute Gasteiger partial charge is 0.496 e. The molecule has 0 aliphatic heterocycles. The van der Waals surface area contributed by atoms with Crippen LogP contribution in [0.4, 0.5) is 0 Å². The second kappa shape index (κ2) is 4.80. The smallest absolute Gasteiger partial charge is 0.174 e. The number of ether oxygens (including phenoxy) is 1. The summed E-state index contributed by atoms with van der Waals surface area (Å²) in [6, 6.07) is 3.43. The van der Waals surface area contributed by atoms with Crippen LogP contribution in [0.1, 0.15) is 15.9 Å². The number of carbonyl (C=O) groups is 1. The fourth-order valence-corrected chi connectivity index (χ4v) is 1.74. The molecule has 0 amide bonds. The Hall–Kier alpha value is -0.540. The molecule has 0 radical (unpaired) electrons. The lowest BCUT2D eigenvalue weighted by Crippen LogP contribution is -2.02. The van der Waals surface area contributed by atoms with Crippen molar-refractivity contribution in [3.63, 3.8) is 0 Å². The number of hydrogen-bond acceptors (Lipinski definition) is 2. The lowest BCUT2D eigenvalue weighted by molar-refractivity contribution is 0.102. The maximum absolute atomic E-state index is 11.4. The topological polar surface area (TPSA) is 26.3 Å². The molecule has 0 heterocycles. The molecule has 2 nitrogen and oxygen atoms in total. The van der Waals surface area contributed by atoms with Crippen molar-refractivity contribution in [2.45, 2.75) is 6.92 Å². The highest BCUT2D eigenvalue weighted by molar-refractivity contribution is 9.09. The molecule has 0 fully saturated rings. The van der Waals surface area contributed by atoms with Crippen LogP contribution < -0.4 is 4.74 Å². The summed E-state index contributed by atoms with van der Waals surface area (Å²) in [5, 5.41) is 0.743. The highest BCUT2D eigenvalue weighted by atomic mass is 79.9. The number of methoxy groups -OCH3 is 1. The predicted octanol–water partition coefficient (Wildman–Crippen LogP) is 3.23. The molecule has 0 aliphatic carbocycles. The molecule has 0 unspecified atom stereocenters. The minimum Gasteiger partial charge on any atom is -0.496 e. The maximum Gasteiger partial charge on any atom is 0.174 e. The van der Waals surface area contributed by atoms with Crippen molar-refractivity contribution in [2.24, 2.45) is 0 Å². The van der Waals surface area contributed by atoms with Gasteiger partial charge in [-0.15, -0.1) is 0 Å². The Morgan fingerprint density at radius 3 is 2.71 bits per heavy atom. The van der Waals surface area contributed by atoms with Crippen LogP contribution in [0.3, 0.4) is 0 Å². The average Bonchev–Trinajstić information content (AvgIpc) is 2.21. The number of ketones is 1. The minimum atomic E-state index is -0.0271. The molecular formula is C10H10BrClO2. The summed E-state index contributed by atoms with van der Waals surface area (Å²) in [6.07, 6.45) is 0. The Balaban J connectivity index is 3.24. The van der Waals surface area contributed by atoms with Gasteiger partial charge in [0.1, 0.15) is 5.75 Å². The normalized spacial score (nSPS) is 10.0. The summed E-state index contributed by atoms with van der Waals surface area (Å²) in [7, 11) is 1.57. The minimum absolute atomic E-state index is 0.0271. The van der Waals surface area contributed by atoms with Crippen molar-refractivity contribution in [1.82, 2.24) is 0 Å². The van der Waals surface area contributed by atoms with Gasteiger partial charge in [-0.3, -0.25) is 4.79 Å².